The van der Waals surface area contributed by atoms with Crippen molar-refractivity contribution in [3.8, 4) is 11.1 Å². The molecule has 4 rings (SSSR count). The topological polar surface area (TPSA) is 49.3 Å². The van der Waals surface area contributed by atoms with Crippen LogP contribution in [0, 0.1) is 6.92 Å². The highest BCUT2D eigenvalue weighted by atomic mass is 35.5. The first-order chi connectivity index (χ1) is 14.9. The van der Waals surface area contributed by atoms with Gasteiger partial charge in [0.1, 0.15) is 0 Å². The van der Waals surface area contributed by atoms with E-state index in [-0.39, 0.29) is 6.04 Å². The van der Waals surface area contributed by atoms with Crippen LogP contribution in [-0.4, -0.2) is 11.1 Å². The average Bonchev–Trinajstić information content (AvgIpc) is 2.77. The third-order valence-corrected chi connectivity index (χ3v) is 5.90. The van der Waals surface area contributed by atoms with E-state index in [1.165, 1.54) is 0 Å². The lowest BCUT2D eigenvalue weighted by molar-refractivity contribution is 0.0696. The summed E-state index contributed by atoms with van der Waals surface area (Å²) in [5, 5.41) is 16.1. The molecule has 0 aliphatic carbocycles. The normalized spacial score (nSPS) is 12.1. The highest BCUT2D eigenvalue weighted by molar-refractivity contribution is 6.30. The monoisotopic (exact) mass is 429 g/mol. The zero-order chi connectivity index (χ0) is 22.0. The highest BCUT2D eigenvalue weighted by Crippen LogP contribution is 2.32. The molecule has 156 valence electrons. The van der Waals surface area contributed by atoms with E-state index in [0.29, 0.717) is 12.1 Å². The Bertz CT molecular complexity index is 1270. The van der Waals surface area contributed by atoms with Crippen molar-refractivity contribution in [2.24, 2.45) is 0 Å². The van der Waals surface area contributed by atoms with E-state index >= 15 is 0 Å². The summed E-state index contributed by atoms with van der Waals surface area (Å²) in [4.78, 5) is 11.7. The molecule has 4 aromatic carbocycles. The van der Waals surface area contributed by atoms with Crippen molar-refractivity contribution in [1.82, 2.24) is 5.32 Å². The Morgan fingerprint density at radius 1 is 1.00 bits per heavy atom. The molecular formula is C27H24ClNO2. The third-order valence-electron chi connectivity index (χ3n) is 5.66. The first-order valence-corrected chi connectivity index (χ1v) is 10.6. The number of hydrogen-bond acceptors (Lipinski definition) is 2. The van der Waals surface area contributed by atoms with Crippen LogP contribution in [-0.2, 0) is 6.54 Å². The molecule has 0 radical (unpaired) electrons. The van der Waals surface area contributed by atoms with Crippen molar-refractivity contribution in [2.45, 2.75) is 26.4 Å². The number of aromatic carboxylic acids is 1. The summed E-state index contributed by atoms with van der Waals surface area (Å²) in [7, 11) is 0. The number of carbonyl (C=O) groups is 1. The molecule has 0 spiro atoms. The molecular weight excluding hydrogens is 406 g/mol. The number of carboxylic acid groups (broad SMARTS) is 1. The van der Waals surface area contributed by atoms with Crippen LogP contribution in [0.4, 0.5) is 0 Å². The summed E-state index contributed by atoms with van der Waals surface area (Å²) in [5.74, 6) is -0.906. The number of rotatable bonds is 6. The van der Waals surface area contributed by atoms with Gasteiger partial charge in [-0.3, -0.25) is 0 Å². The number of halogens is 1. The van der Waals surface area contributed by atoms with Crippen LogP contribution >= 0.6 is 11.6 Å². The Morgan fingerprint density at radius 3 is 2.58 bits per heavy atom. The Morgan fingerprint density at radius 2 is 1.81 bits per heavy atom. The lowest BCUT2D eigenvalue weighted by Crippen LogP contribution is -2.18. The van der Waals surface area contributed by atoms with Crippen LogP contribution in [0.15, 0.2) is 78.9 Å². The van der Waals surface area contributed by atoms with E-state index in [1.54, 1.807) is 6.07 Å². The number of hydrogen-bond donors (Lipinski definition) is 2. The number of fused-ring (bicyclic) bond motifs is 1. The van der Waals surface area contributed by atoms with Crippen LogP contribution in [0.1, 0.15) is 40.0 Å². The number of benzene rings is 4. The van der Waals surface area contributed by atoms with Gasteiger partial charge < -0.3 is 10.4 Å². The van der Waals surface area contributed by atoms with Crippen molar-refractivity contribution in [1.29, 1.82) is 0 Å². The second kappa shape index (κ2) is 8.93. The Kier molecular flexibility index (Phi) is 6.08. The summed E-state index contributed by atoms with van der Waals surface area (Å²) in [6, 6.07) is 26.2. The number of aryl methyl sites for hydroxylation is 1. The Labute approximate surface area is 187 Å². The summed E-state index contributed by atoms with van der Waals surface area (Å²) in [6.45, 7) is 4.62. The van der Waals surface area contributed by atoms with Crippen molar-refractivity contribution in [3.05, 3.63) is 106 Å². The van der Waals surface area contributed by atoms with Gasteiger partial charge in [-0.05, 0) is 82.8 Å². The van der Waals surface area contributed by atoms with Gasteiger partial charge in [-0.1, -0.05) is 60.1 Å². The molecule has 4 heteroatoms. The predicted octanol–water partition coefficient (Wildman–Crippen LogP) is 7.02. The minimum atomic E-state index is -0.906. The predicted molar refractivity (Wildman–Crippen MR) is 128 cm³/mol. The minimum Gasteiger partial charge on any atom is -0.478 e. The van der Waals surface area contributed by atoms with Gasteiger partial charge in [-0.15, -0.1) is 0 Å². The Hall–Kier alpha value is -3.14. The fourth-order valence-corrected chi connectivity index (χ4v) is 4.10. The maximum Gasteiger partial charge on any atom is 0.335 e. The van der Waals surface area contributed by atoms with Gasteiger partial charge in [0.05, 0.1) is 5.56 Å². The van der Waals surface area contributed by atoms with Gasteiger partial charge in [0.2, 0.25) is 0 Å². The second-order valence-corrected chi connectivity index (χ2v) is 8.29. The summed E-state index contributed by atoms with van der Waals surface area (Å²) < 4.78 is 0. The van der Waals surface area contributed by atoms with Crippen molar-refractivity contribution >= 4 is 28.3 Å². The molecule has 0 aromatic heterocycles. The first-order valence-electron chi connectivity index (χ1n) is 10.3. The minimum absolute atomic E-state index is 0.145. The molecule has 1 unspecified atom stereocenters. The second-order valence-electron chi connectivity index (χ2n) is 7.86. The smallest absolute Gasteiger partial charge is 0.335 e. The third kappa shape index (κ3) is 4.63. The van der Waals surface area contributed by atoms with Gasteiger partial charge in [-0.25, -0.2) is 4.79 Å². The summed E-state index contributed by atoms with van der Waals surface area (Å²) in [6.07, 6.45) is 0. The highest BCUT2D eigenvalue weighted by Gasteiger charge is 2.13. The summed E-state index contributed by atoms with van der Waals surface area (Å²) >= 11 is 6.14. The molecule has 0 amide bonds. The maximum absolute atomic E-state index is 11.7. The molecule has 0 saturated carbocycles. The largest absolute Gasteiger partial charge is 0.478 e. The molecule has 2 N–H and O–H groups in total. The summed E-state index contributed by atoms with van der Waals surface area (Å²) in [5.41, 5.74) is 5.31. The fourth-order valence-electron chi connectivity index (χ4n) is 3.90. The molecule has 31 heavy (non-hydrogen) atoms. The molecule has 3 nitrogen and oxygen atoms in total. The van der Waals surface area contributed by atoms with Crippen LogP contribution < -0.4 is 5.32 Å². The SMILES string of the molecule is Cc1ccc(-c2cc(CNC(C)c3cccc(Cl)c3)cc3ccccc23)cc1C(=O)O. The van der Waals surface area contributed by atoms with Crippen LogP contribution in [0.3, 0.4) is 0 Å². The van der Waals surface area contributed by atoms with Gasteiger partial charge in [0, 0.05) is 17.6 Å². The molecule has 0 aliphatic rings. The zero-order valence-electron chi connectivity index (χ0n) is 17.5. The van der Waals surface area contributed by atoms with Gasteiger partial charge >= 0.3 is 5.97 Å². The fraction of sp³-hybridized carbons (Fsp3) is 0.148. The first kappa shape index (κ1) is 21.1. The standard InChI is InChI=1S/C27H24ClNO2/c1-17-10-11-22(15-25(17)27(30)31)26-13-19(12-21-6-3-4-9-24(21)26)16-29-18(2)20-7-5-8-23(28)14-20/h3-15,18,29H,16H2,1-2H3,(H,30,31). The van der Waals surface area contributed by atoms with E-state index in [0.717, 1.165) is 43.6 Å². The lowest BCUT2D eigenvalue weighted by atomic mass is 9.93. The van der Waals surface area contributed by atoms with Gasteiger partial charge in [-0.2, -0.15) is 0 Å². The molecule has 0 bridgehead atoms. The van der Waals surface area contributed by atoms with E-state index < -0.39 is 5.97 Å². The van der Waals surface area contributed by atoms with Gasteiger partial charge in [0.25, 0.3) is 0 Å². The lowest BCUT2D eigenvalue weighted by Gasteiger charge is -2.17. The zero-order valence-corrected chi connectivity index (χ0v) is 18.3. The molecule has 0 fully saturated rings. The van der Waals surface area contributed by atoms with Crippen LogP contribution in [0.5, 0.6) is 0 Å². The van der Waals surface area contributed by atoms with Crippen molar-refractivity contribution in [2.75, 3.05) is 0 Å². The number of nitrogens with one attached hydrogen (secondary N) is 1. The van der Waals surface area contributed by atoms with E-state index in [9.17, 15) is 9.90 Å². The average molecular weight is 430 g/mol. The van der Waals surface area contributed by atoms with E-state index in [4.69, 9.17) is 11.6 Å². The Balaban J connectivity index is 1.70. The van der Waals surface area contributed by atoms with Crippen molar-refractivity contribution < 1.29 is 9.90 Å². The van der Waals surface area contributed by atoms with Gasteiger partial charge in [0.15, 0.2) is 0 Å². The molecule has 4 aromatic rings. The molecule has 1 atom stereocenters. The van der Waals surface area contributed by atoms with Crippen LogP contribution in [0.25, 0.3) is 21.9 Å². The molecule has 0 heterocycles. The number of carboxylic acids is 1. The van der Waals surface area contributed by atoms with Crippen molar-refractivity contribution in [3.63, 3.8) is 0 Å². The van der Waals surface area contributed by atoms with E-state index in [1.807, 2.05) is 49.4 Å². The molecule has 0 saturated heterocycles. The van der Waals surface area contributed by atoms with E-state index in [2.05, 4.69) is 42.6 Å². The molecule has 0 aliphatic heterocycles. The maximum atomic E-state index is 11.7. The van der Waals surface area contributed by atoms with Crippen LogP contribution in [0.2, 0.25) is 5.02 Å². The quantitative estimate of drug-likeness (QED) is 0.346.